The maximum atomic E-state index is 10.8. The third kappa shape index (κ3) is 1.82. The topological polar surface area (TPSA) is 97.7 Å². The summed E-state index contributed by atoms with van der Waals surface area (Å²) in [5.74, 6) is -0.885. The number of hydrogen-bond acceptors (Lipinski definition) is 4. The number of fused-ring (bicyclic) bond motifs is 1. The summed E-state index contributed by atoms with van der Waals surface area (Å²) in [6.45, 7) is 1.63. The molecular formula is C10H9N3O4. The van der Waals surface area contributed by atoms with Gasteiger partial charge in [0, 0.05) is 13.1 Å². The number of pyridine rings is 1. The van der Waals surface area contributed by atoms with Crippen LogP contribution >= 0.6 is 0 Å². The van der Waals surface area contributed by atoms with Crippen molar-refractivity contribution in [2.75, 3.05) is 0 Å². The molecule has 7 heteroatoms. The predicted molar refractivity (Wildman–Crippen MR) is 57.9 cm³/mol. The Morgan fingerprint density at radius 3 is 2.94 bits per heavy atom. The molecule has 0 bridgehead atoms. The van der Waals surface area contributed by atoms with Gasteiger partial charge in [-0.2, -0.15) is 0 Å². The minimum Gasteiger partial charge on any atom is -0.481 e. The first-order chi connectivity index (χ1) is 8.00. The first-order valence-electron chi connectivity index (χ1n) is 4.83. The standard InChI is InChI=1S/C10H9N3O4/c1-6-11-10(13(16)17)9-7(5-8(14)15)3-2-4-12(6)9/h2-4H,5H2,1H3,(H,14,15). The third-order valence-electron chi connectivity index (χ3n) is 2.42. The van der Waals surface area contributed by atoms with E-state index in [0.29, 0.717) is 11.4 Å². The van der Waals surface area contributed by atoms with Crippen LogP contribution in [0.5, 0.6) is 0 Å². The summed E-state index contributed by atoms with van der Waals surface area (Å²) < 4.78 is 1.52. The van der Waals surface area contributed by atoms with Crippen LogP contribution < -0.4 is 0 Å². The van der Waals surface area contributed by atoms with Crippen molar-refractivity contribution in [3.63, 3.8) is 0 Å². The molecule has 0 aliphatic carbocycles. The zero-order valence-corrected chi connectivity index (χ0v) is 8.95. The Hall–Kier alpha value is -2.44. The zero-order chi connectivity index (χ0) is 12.6. The SMILES string of the molecule is Cc1nc([N+](=O)[O-])c2c(CC(=O)O)cccn12. The average Bonchev–Trinajstić information content (AvgIpc) is 2.57. The summed E-state index contributed by atoms with van der Waals surface area (Å²) in [7, 11) is 0. The Labute approximate surface area is 95.5 Å². The van der Waals surface area contributed by atoms with Crippen molar-refractivity contribution >= 4 is 17.3 Å². The van der Waals surface area contributed by atoms with Crippen LogP contribution in [0.25, 0.3) is 5.52 Å². The normalized spacial score (nSPS) is 10.6. The van der Waals surface area contributed by atoms with Gasteiger partial charge in [-0.1, -0.05) is 6.07 Å². The van der Waals surface area contributed by atoms with Gasteiger partial charge in [-0.15, -0.1) is 0 Å². The highest BCUT2D eigenvalue weighted by Crippen LogP contribution is 2.24. The molecule has 0 unspecified atom stereocenters. The molecule has 0 saturated carbocycles. The maximum absolute atomic E-state index is 10.8. The highest BCUT2D eigenvalue weighted by Gasteiger charge is 2.22. The Morgan fingerprint density at radius 1 is 1.65 bits per heavy atom. The lowest BCUT2D eigenvalue weighted by Crippen LogP contribution is -2.03. The van der Waals surface area contributed by atoms with Crippen molar-refractivity contribution < 1.29 is 14.8 Å². The second kappa shape index (κ2) is 3.85. The highest BCUT2D eigenvalue weighted by molar-refractivity contribution is 5.77. The lowest BCUT2D eigenvalue weighted by atomic mass is 10.1. The number of carboxylic acid groups (broad SMARTS) is 1. The zero-order valence-electron chi connectivity index (χ0n) is 8.95. The van der Waals surface area contributed by atoms with Gasteiger partial charge < -0.3 is 15.2 Å². The number of aryl methyl sites for hydroxylation is 1. The lowest BCUT2D eigenvalue weighted by Gasteiger charge is -2.00. The molecular weight excluding hydrogens is 226 g/mol. The molecule has 0 aliphatic rings. The summed E-state index contributed by atoms with van der Waals surface area (Å²) in [5.41, 5.74) is 0.629. The van der Waals surface area contributed by atoms with E-state index in [0.717, 1.165) is 0 Å². The summed E-state index contributed by atoms with van der Waals surface area (Å²) in [5, 5.41) is 19.6. The number of rotatable bonds is 3. The van der Waals surface area contributed by atoms with Crippen LogP contribution in [0, 0.1) is 17.0 Å². The molecule has 0 spiro atoms. The molecule has 2 aromatic rings. The molecule has 0 aliphatic heterocycles. The van der Waals surface area contributed by atoms with Crippen LogP contribution in [0.1, 0.15) is 11.4 Å². The van der Waals surface area contributed by atoms with Gasteiger partial charge in [-0.05, 0) is 21.5 Å². The number of aliphatic carboxylic acids is 1. The van der Waals surface area contributed by atoms with E-state index in [1.165, 1.54) is 4.40 Å². The Kier molecular flexibility index (Phi) is 2.51. The molecule has 17 heavy (non-hydrogen) atoms. The van der Waals surface area contributed by atoms with Crippen molar-refractivity contribution in [3.8, 4) is 0 Å². The van der Waals surface area contributed by atoms with E-state index in [2.05, 4.69) is 4.98 Å². The van der Waals surface area contributed by atoms with E-state index >= 15 is 0 Å². The van der Waals surface area contributed by atoms with Crippen molar-refractivity contribution in [2.45, 2.75) is 13.3 Å². The van der Waals surface area contributed by atoms with Crippen LogP contribution in [0.4, 0.5) is 5.82 Å². The second-order valence-corrected chi connectivity index (χ2v) is 3.56. The molecule has 7 nitrogen and oxygen atoms in total. The van der Waals surface area contributed by atoms with Crippen LogP contribution in [-0.2, 0) is 11.2 Å². The van der Waals surface area contributed by atoms with Gasteiger partial charge in [-0.3, -0.25) is 9.20 Å². The molecule has 2 aromatic heterocycles. The monoisotopic (exact) mass is 235 g/mol. The first kappa shape index (κ1) is 11.1. The van der Waals surface area contributed by atoms with Crippen molar-refractivity contribution in [3.05, 3.63) is 39.8 Å². The fourth-order valence-corrected chi connectivity index (χ4v) is 1.77. The van der Waals surface area contributed by atoms with Gasteiger partial charge in [-0.25, -0.2) is 0 Å². The minimum absolute atomic E-state index is 0.248. The molecule has 88 valence electrons. The Bertz CT molecular complexity index is 617. The van der Waals surface area contributed by atoms with Gasteiger partial charge in [0.2, 0.25) is 5.82 Å². The summed E-state index contributed by atoms with van der Waals surface area (Å²) in [6.07, 6.45) is 1.35. The number of aromatic nitrogens is 2. The molecule has 2 rings (SSSR count). The van der Waals surface area contributed by atoms with E-state index in [4.69, 9.17) is 5.11 Å². The number of carboxylic acids is 1. The third-order valence-corrected chi connectivity index (χ3v) is 2.42. The van der Waals surface area contributed by atoms with Crippen molar-refractivity contribution in [1.29, 1.82) is 0 Å². The van der Waals surface area contributed by atoms with Crippen LogP contribution in [-0.4, -0.2) is 25.4 Å². The van der Waals surface area contributed by atoms with Gasteiger partial charge in [0.05, 0.1) is 6.42 Å². The van der Waals surface area contributed by atoms with E-state index in [-0.39, 0.29) is 17.8 Å². The summed E-state index contributed by atoms with van der Waals surface area (Å²) >= 11 is 0. The van der Waals surface area contributed by atoms with Gasteiger partial charge in [0.1, 0.15) is 0 Å². The number of hydrogen-bond donors (Lipinski definition) is 1. The van der Waals surface area contributed by atoms with Crippen LogP contribution in [0.3, 0.4) is 0 Å². The number of carbonyl (C=O) groups is 1. The number of nitro groups is 1. The van der Waals surface area contributed by atoms with Gasteiger partial charge in [0.25, 0.3) is 0 Å². The van der Waals surface area contributed by atoms with E-state index in [1.54, 1.807) is 25.3 Å². The summed E-state index contributed by atoms with van der Waals surface area (Å²) in [6, 6.07) is 3.20. The summed E-state index contributed by atoms with van der Waals surface area (Å²) in [4.78, 5) is 24.8. The Balaban J connectivity index is 2.76. The number of nitrogens with zero attached hydrogens (tertiary/aromatic N) is 3. The molecule has 0 saturated heterocycles. The quantitative estimate of drug-likeness (QED) is 0.636. The molecule has 0 radical (unpaired) electrons. The van der Waals surface area contributed by atoms with E-state index in [1.807, 2.05) is 0 Å². The first-order valence-corrected chi connectivity index (χ1v) is 4.83. The van der Waals surface area contributed by atoms with E-state index in [9.17, 15) is 14.9 Å². The fourth-order valence-electron chi connectivity index (χ4n) is 1.77. The minimum atomic E-state index is -1.04. The molecule has 0 amide bonds. The molecule has 0 atom stereocenters. The van der Waals surface area contributed by atoms with Crippen molar-refractivity contribution in [1.82, 2.24) is 9.38 Å². The van der Waals surface area contributed by atoms with E-state index < -0.39 is 10.9 Å². The number of imidazole rings is 1. The predicted octanol–water partition coefficient (Wildman–Crippen LogP) is 1.18. The molecule has 0 aromatic carbocycles. The smallest absolute Gasteiger partial charge is 0.390 e. The molecule has 1 N–H and O–H groups in total. The highest BCUT2D eigenvalue weighted by atomic mass is 16.6. The van der Waals surface area contributed by atoms with Gasteiger partial charge in [0.15, 0.2) is 5.52 Å². The Morgan fingerprint density at radius 2 is 2.35 bits per heavy atom. The fraction of sp³-hybridized carbons (Fsp3) is 0.200. The maximum Gasteiger partial charge on any atom is 0.390 e. The average molecular weight is 235 g/mol. The molecule has 0 fully saturated rings. The van der Waals surface area contributed by atoms with Gasteiger partial charge >= 0.3 is 11.8 Å². The van der Waals surface area contributed by atoms with Crippen LogP contribution in [0.2, 0.25) is 0 Å². The van der Waals surface area contributed by atoms with Crippen molar-refractivity contribution in [2.24, 2.45) is 0 Å². The largest absolute Gasteiger partial charge is 0.481 e. The second-order valence-electron chi connectivity index (χ2n) is 3.56. The van der Waals surface area contributed by atoms with Crippen LogP contribution in [0.15, 0.2) is 18.3 Å². The lowest BCUT2D eigenvalue weighted by molar-refractivity contribution is -0.387. The molecule has 2 heterocycles.